The molecule has 0 bridgehead atoms. The van der Waals surface area contributed by atoms with Gasteiger partial charge in [-0.3, -0.25) is 4.90 Å². The number of ether oxygens (including phenoxy) is 2. The van der Waals surface area contributed by atoms with Crippen molar-refractivity contribution in [3.8, 4) is 11.5 Å². The van der Waals surface area contributed by atoms with Crippen LogP contribution in [0.4, 0.5) is 5.95 Å². The van der Waals surface area contributed by atoms with Crippen LogP contribution in [-0.2, 0) is 19.5 Å². The summed E-state index contributed by atoms with van der Waals surface area (Å²) < 4.78 is 10.9. The molecular weight excluding hydrogens is 352 g/mol. The Morgan fingerprint density at radius 2 is 1.93 bits per heavy atom. The first-order chi connectivity index (χ1) is 13.7. The molecule has 4 rings (SSSR count). The predicted molar refractivity (Wildman–Crippen MR) is 110 cm³/mol. The Balaban J connectivity index is 1.45. The predicted octanol–water partition coefficient (Wildman–Crippen LogP) is 3.29. The van der Waals surface area contributed by atoms with Gasteiger partial charge in [0.1, 0.15) is 11.5 Å². The first-order valence-corrected chi connectivity index (χ1v) is 10.2. The normalized spacial score (nSPS) is 18.0. The number of anilines is 1. The fourth-order valence-electron chi connectivity index (χ4n) is 4.11. The number of hydrogen-bond acceptors (Lipinski definition) is 6. The molecule has 6 heteroatoms. The number of piperidine rings is 1. The quantitative estimate of drug-likeness (QED) is 0.791. The molecule has 0 radical (unpaired) electrons. The van der Waals surface area contributed by atoms with Gasteiger partial charge in [0.05, 0.1) is 19.9 Å². The van der Waals surface area contributed by atoms with Crippen LogP contribution in [0.15, 0.2) is 24.4 Å². The van der Waals surface area contributed by atoms with Gasteiger partial charge in [-0.2, -0.15) is 0 Å². The number of nitrogens with zero attached hydrogens (tertiary/aromatic N) is 4. The van der Waals surface area contributed by atoms with E-state index >= 15 is 0 Å². The van der Waals surface area contributed by atoms with Gasteiger partial charge in [-0.15, -0.1) is 0 Å². The average Bonchev–Trinajstić information content (AvgIpc) is 2.74. The number of methoxy groups -OCH3 is 2. The topological polar surface area (TPSA) is 50.7 Å². The molecule has 2 aliphatic heterocycles. The van der Waals surface area contributed by atoms with E-state index in [0.717, 1.165) is 68.1 Å². The summed E-state index contributed by atoms with van der Waals surface area (Å²) in [5, 5.41) is 0. The van der Waals surface area contributed by atoms with Crippen molar-refractivity contribution in [2.24, 2.45) is 5.92 Å². The minimum absolute atomic E-state index is 0.816. The van der Waals surface area contributed by atoms with E-state index in [0.29, 0.717) is 0 Å². The Kier molecular flexibility index (Phi) is 5.67. The lowest BCUT2D eigenvalue weighted by Crippen LogP contribution is -2.35. The van der Waals surface area contributed by atoms with Gasteiger partial charge in [-0.25, -0.2) is 9.97 Å². The maximum atomic E-state index is 5.53. The number of hydrogen-bond donors (Lipinski definition) is 0. The third-order valence-electron chi connectivity index (χ3n) is 5.95. The maximum absolute atomic E-state index is 5.53. The van der Waals surface area contributed by atoms with E-state index in [9.17, 15) is 0 Å². The number of aromatic nitrogens is 2. The Morgan fingerprint density at radius 1 is 1.11 bits per heavy atom. The van der Waals surface area contributed by atoms with E-state index in [-0.39, 0.29) is 0 Å². The van der Waals surface area contributed by atoms with Gasteiger partial charge < -0.3 is 14.4 Å². The molecule has 1 fully saturated rings. The van der Waals surface area contributed by atoms with Crippen LogP contribution in [0.25, 0.3) is 0 Å². The van der Waals surface area contributed by atoms with E-state index in [1.54, 1.807) is 14.2 Å². The molecule has 1 aromatic carbocycles. The molecule has 0 N–H and O–H groups in total. The molecule has 6 nitrogen and oxygen atoms in total. The molecule has 0 aliphatic carbocycles. The van der Waals surface area contributed by atoms with Crippen LogP contribution in [0, 0.1) is 5.92 Å². The van der Waals surface area contributed by atoms with Crippen molar-refractivity contribution in [1.29, 1.82) is 0 Å². The van der Waals surface area contributed by atoms with Gasteiger partial charge >= 0.3 is 0 Å². The molecule has 2 aliphatic rings. The van der Waals surface area contributed by atoms with Gasteiger partial charge in [0.25, 0.3) is 0 Å². The van der Waals surface area contributed by atoms with Crippen LogP contribution in [0.1, 0.15) is 36.6 Å². The van der Waals surface area contributed by atoms with Gasteiger partial charge in [-0.1, -0.05) is 6.92 Å². The molecule has 28 heavy (non-hydrogen) atoms. The van der Waals surface area contributed by atoms with E-state index in [1.807, 2.05) is 18.3 Å². The summed E-state index contributed by atoms with van der Waals surface area (Å²) in [6.07, 6.45) is 5.46. The second-order valence-corrected chi connectivity index (χ2v) is 7.95. The van der Waals surface area contributed by atoms with E-state index in [1.165, 1.54) is 24.1 Å². The summed E-state index contributed by atoms with van der Waals surface area (Å²) in [5.41, 5.74) is 3.59. The molecule has 2 aromatic rings. The Bertz CT molecular complexity index is 818. The second kappa shape index (κ2) is 8.35. The number of benzene rings is 1. The SMILES string of the molecule is COc1ccc(OC)c(CN2CCc3nc(N4CCC(C)CC4)ncc3C2)c1. The Hall–Kier alpha value is -2.34. The van der Waals surface area contributed by atoms with E-state index < -0.39 is 0 Å². The summed E-state index contributed by atoms with van der Waals surface area (Å²) in [6.45, 7) is 7.15. The zero-order valence-electron chi connectivity index (χ0n) is 17.1. The third kappa shape index (κ3) is 4.07. The van der Waals surface area contributed by atoms with Crippen molar-refractivity contribution in [2.75, 3.05) is 38.8 Å². The molecule has 3 heterocycles. The van der Waals surface area contributed by atoms with Crippen molar-refractivity contribution >= 4 is 5.95 Å². The zero-order valence-corrected chi connectivity index (χ0v) is 17.1. The lowest BCUT2D eigenvalue weighted by Gasteiger charge is -2.32. The monoisotopic (exact) mass is 382 g/mol. The smallest absolute Gasteiger partial charge is 0.225 e. The first kappa shape index (κ1) is 19.0. The lowest BCUT2D eigenvalue weighted by molar-refractivity contribution is 0.238. The first-order valence-electron chi connectivity index (χ1n) is 10.2. The molecule has 1 saturated heterocycles. The summed E-state index contributed by atoms with van der Waals surface area (Å²) in [7, 11) is 3.41. The largest absolute Gasteiger partial charge is 0.497 e. The lowest BCUT2D eigenvalue weighted by atomic mass is 9.99. The van der Waals surface area contributed by atoms with Crippen molar-refractivity contribution in [3.63, 3.8) is 0 Å². The van der Waals surface area contributed by atoms with E-state index in [2.05, 4.69) is 27.8 Å². The van der Waals surface area contributed by atoms with Crippen LogP contribution in [0.5, 0.6) is 11.5 Å². The highest BCUT2D eigenvalue weighted by Crippen LogP contribution is 2.28. The highest BCUT2D eigenvalue weighted by Gasteiger charge is 2.23. The van der Waals surface area contributed by atoms with Gasteiger partial charge in [0.2, 0.25) is 5.95 Å². The minimum atomic E-state index is 0.816. The number of fused-ring (bicyclic) bond motifs is 1. The van der Waals surface area contributed by atoms with Crippen molar-refractivity contribution in [1.82, 2.24) is 14.9 Å². The average molecular weight is 383 g/mol. The molecule has 0 amide bonds. The Morgan fingerprint density at radius 3 is 2.68 bits per heavy atom. The van der Waals surface area contributed by atoms with Gasteiger partial charge in [0, 0.05) is 56.5 Å². The van der Waals surface area contributed by atoms with Crippen molar-refractivity contribution < 1.29 is 9.47 Å². The van der Waals surface area contributed by atoms with Crippen LogP contribution < -0.4 is 14.4 Å². The fourth-order valence-corrected chi connectivity index (χ4v) is 4.11. The molecule has 1 aromatic heterocycles. The molecule has 0 saturated carbocycles. The molecule has 0 unspecified atom stereocenters. The summed E-state index contributed by atoms with van der Waals surface area (Å²) in [4.78, 5) is 14.4. The van der Waals surface area contributed by atoms with Crippen molar-refractivity contribution in [3.05, 3.63) is 41.2 Å². The highest BCUT2D eigenvalue weighted by molar-refractivity contribution is 5.40. The van der Waals surface area contributed by atoms with Crippen LogP contribution in [0.2, 0.25) is 0 Å². The Labute approximate surface area is 167 Å². The molecular formula is C22H30N4O2. The second-order valence-electron chi connectivity index (χ2n) is 7.95. The van der Waals surface area contributed by atoms with Crippen molar-refractivity contribution in [2.45, 2.75) is 39.3 Å². The van der Waals surface area contributed by atoms with Crippen LogP contribution >= 0.6 is 0 Å². The summed E-state index contributed by atoms with van der Waals surface area (Å²) in [6, 6.07) is 5.97. The summed E-state index contributed by atoms with van der Waals surface area (Å²) >= 11 is 0. The number of rotatable bonds is 5. The zero-order chi connectivity index (χ0) is 19.5. The minimum Gasteiger partial charge on any atom is -0.497 e. The van der Waals surface area contributed by atoms with Crippen LogP contribution in [0.3, 0.4) is 0 Å². The van der Waals surface area contributed by atoms with Gasteiger partial charge in [-0.05, 0) is 37.0 Å². The summed E-state index contributed by atoms with van der Waals surface area (Å²) in [5.74, 6) is 3.49. The molecule has 0 atom stereocenters. The maximum Gasteiger partial charge on any atom is 0.225 e. The fraction of sp³-hybridized carbons (Fsp3) is 0.545. The highest BCUT2D eigenvalue weighted by atomic mass is 16.5. The van der Waals surface area contributed by atoms with Crippen LogP contribution in [-0.4, -0.2) is 48.7 Å². The molecule has 150 valence electrons. The molecule has 0 spiro atoms. The van der Waals surface area contributed by atoms with Gasteiger partial charge in [0.15, 0.2) is 0 Å². The standard InChI is InChI=1S/C22H30N4O2/c1-16-6-10-26(11-7-16)22-23-13-18-15-25(9-8-20(18)24-22)14-17-12-19(27-2)4-5-21(17)28-3/h4-5,12-13,16H,6-11,14-15H2,1-3H3. The van der Waals surface area contributed by atoms with E-state index in [4.69, 9.17) is 14.5 Å². The third-order valence-corrected chi connectivity index (χ3v) is 5.95.